The molecule has 2 aliphatic rings. The van der Waals surface area contributed by atoms with Crippen LogP contribution < -0.4 is 5.32 Å². The molecule has 0 aromatic heterocycles. The van der Waals surface area contributed by atoms with Crippen molar-refractivity contribution >= 4 is 0 Å². The molecule has 2 rings (SSSR count). The fourth-order valence-electron chi connectivity index (χ4n) is 3.38. The van der Waals surface area contributed by atoms with Crippen LogP contribution in [0.1, 0.15) is 51.9 Å². The number of piperidine rings is 1. The van der Waals surface area contributed by atoms with E-state index in [1.807, 2.05) is 0 Å². The zero-order chi connectivity index (χ0) is 11.4. The van der Waals surface area contributed by atoms with E-state index in [4.69, 9.17) is 0 Å². The molecule has 0 bridgehead atoms. The first-order valence-electron chi connectivity index (χ1n) is 7.19. The summed E-state index contributed by atoms with van der Waals surface area (Å²) in [5.74, 6) is 0.922. The molecule has 1 N–H and O–H groups in total. The lowest BCUT2D eigenvalue weighted by Gasteiger charge is -2.36. The van der Waals surface area contributed by atoms with Crippen LogP contribution in [0, 0.1) is 5.92 Å². The third kappa shape index (κ3) is 3.46. The highest BCUT2D eigenvalue weighted by Crippen LogP contribution is 2.23. The molecule has 2 atom stereocenters. The molecule has 0 aromatic carbocycles. The van der Waals surface area contributed by atoms with E-state index in [9.17, 15) is 0 Å². The number of hydrogen-bond acceptors (Lipinski definition) is 2. The molecule has 2 nitrogen and oxygen atoms in total. The van der Waals surface area contributed by atoms with E-state index in [-0.39, 0.29) is 0 Å². The highest BCUT2D eigenvalue weighted by molar-refractivity contribution is 4.82. The zero-order valence-electron chi connectivity index (χ0n) is 11.0. The average Bonchev–Trinajstić information content (AvgIpc) is 2.30. The first-order chi connectivity index (χ1) is 7.75. The normalized spacial score (nSPS) is 33.2. The van der Waals surface area contributed by atoms with E-state index in [0.29, 0.717) is 0 Å². The molecule has 2 heteroatoms. The molecule has 94 valence electrons. The summed E-state index contributed by atoms with van der Waals surface area (Å²) in [4.78, 5) is 2.62. The summed E-state index contributed by atoms with van der Waals surface area (Å²) in [5.41, 5.74) is 0. The van der Waals surface area contributed by atoms with Crippen LogP contribution in [0.5, 0.6) is 0 Å². The van der Waals surface area contributed by atoms with Gasteiger partial charge in [-0.15, -0.1) is 0 Å². The molecular formula is C14H28N2. The molecular weight excluding hydrogens is 196 g/mol. The minimum absolute atomic E-state index is 0.746. The number of hydrogen-bond donors (Lipinski definition) is 1. The van der Waals surface area contributed by atoms with Gasteiger partial charge in [-0.25, -0.2) is 0 Å². The predicted molar refractivity (Wildman–Crippen MR) is 69.7 cm³/mol. The minimum Gasteiger partial charge on any atom is -0.313 e. The number of rotatable bonds is 3. The average molecular weight is 224 g/mol. The second-order valence-corrected chi connectivity index (χ2v) is 6.01. The van der Waals surface area contributed by atoms with Crippen LogP contribution in [-0.4, -0.2) is 37.1 Å². The lowest BCUT2D eigenvalue weighted by atomic mass is 9.91. The first-order valence-corrected chi connectivity index (χ1v) is 7.19. The maximum Gasteiger partial charge on any atom is 0.0197 e. The Kier molecular flexibility index (Phi) is 4.66. The SMILES string of the molecule is CC1CCNC(CN(C)C2CCCCC2)C1. The maximum atomic E-state index is 3.68. The fourth-order valence-corrected chi connectivity index (χ4v) is 3.38. The summed E-state index contributed by atoms with van der Waals surface area (Å²) in [6, 6.07) is 1.61. The van der Waals surface area contributed by atoms with Crippen molar-refractivity contribution in [3.8, 4) is 0 Å². The maximum absolute atomic E-state index is 3.68. The Bertz CT molecular complexity index is 199. The summed E-state index contributed by atoms with van der Waals surface area (Å²) < 4.78 is 0. The van der Waals surface area contributed by atoms with Crippen LogP contribution in [0.15, 0.2) is 0 Å². The van der Waals surface area contributed by atoms with E-state index in [2.05, 4.69) is 24.2 Å². The van der Waals surface area contributed by atoms with Gasteiger partial charge >= 0.3 is 0 Å². The monoisotopic (exact) mass is 224 g/mol. The van der Waals surface area contributed by atoms with Gasteiger partial charge in [-0.1, -0.05) is 26.2 Å². The third-order valence-corrected chi connectivity index (χ3v) is 4.46. The lowest BCUT2D eigenvalue weighted by Crippen LogP contribution is -2.47. The van der Waals surface area contributed by atoms with Crippen molar-refractivity contribution in [3.63, 3.8) is 0 Å². The molecule has 1 aliphatic carbocycles. The molecule has 1 saturated heterocycles. The molecule has 0 radical (unpaired) electrons. The highest BCUT2D eigenvalue weighted by atomic mass is 15.2. The van der Waals surface area contributed by atoms with Gasteiger partial charge in [-0.05, 0) is 45.2 Å². The topological polar surface area (TPSA) is 15.3 Å². The van der Waals surface area contributed by atoms with Gasteiger partial charge in [0.25, 0.3) is 0 Å². The Morgan fingerprint density at radius 3 is 2.56 bits per heavy atom. The summed E-state index contributed by atoms with van der Waals surface area (Å²) in [5, 5.41) is 3.68. The van der Waals surface area contributed by atoms with Gasteiger partial charge in [-0.2, -0.15) is 0 Å². The molecule has 0 amide bonds. The van der Waals surface area contributed by atoms with Crippen molar-refractivity contribution < 1.29 is 0 Å². The van der Waals surface area contributed by atoms with Crippen LogP contribution in [0.25, 0.3) is 0 Å². The smallest absolute Gasteiger partial charge is 0.0197 e. The van der Waals surface area contributed by atoms with Gasteiger partial charge in [0.1, 0.15) is 0 Å². The molecule has 1 saturated carbocycles. The van der Waals surface area contributed by atoms with Crippen LogP contribution in [0.3, 0.4) is 0 Å². The van der Waals surface area contributed by atoms with Crippen molar-refractivity contribution in [2.75, 3.05) is 20.1 Å². The van der Waals surface area contributed by atoms with E-state index in [1.165, 1.54) is 58.0 Å². The van der Waals surface area contributed by atoms with Gasteiger partial charge in [0.05, 0.1) is 0 Å². The Morgan fingerprint density at radius 2 is 1.88 bits per heavy atom. The second kappa shape index (κ2) is 6.02. The Hall–Kier alpha value is -0.0800. The molecule has 16 heavy (non-hydrogen) atoms. The van der Waals surface area contributed by atoms with Gasteiger partial charge in [-0.3, -0.25) is 0 Å². The van der Waals surface area contributed by atoms with E-state index < -0.39 is 0 Å². The van der Waals surface area contributed by atoms with E-state index in [1.54, 1.807) is 0 Å². The van der Waals surface area contributed by atoms with Crippen molar-refractivity contribution in [2.45, 2.75) is 64.0 Å². The Morgan fingerprint density at radius 1 is 1.12 bits per heavy atom. The largest absolute Gasteiger partial charge is 0.313 e. The van der Waals surface area contributed by atoms with Gasteiger partial charge in [0.2, 0.25) is 0 Å². The van der Waals surface area contributed by atoms with E-state index >= 15 is 0 Å². The third-order valence-electron chi connectivity index (χ3n) is 4.46. The summed E-state index contributed by atoms with van der Waals surface area (Å²) in [6.07, 6.45) is 9.95. The fraction of sp³-hybridized carbons (Fsp3) is 1.00. The zero-order valence-corrected chi connectivity index (χ0v) is 11.0. The molecule has 1 heterocycles. The van der Waals surface area contributed by atoms with Crippen molar-refractivity contribution in [1.82, 2.24) is 10.2 Å². The number of nitrogens with zero attached hydrogens (tertiary/aromatic N) is 1. The number of likely N-dealkylation sites (N-methyl/N-ethyl adjacent to an activating group) is 1. The summed E-state index contributed by atoms with van der Waals surface area (Å²) in [6.45, 7) is 4.88. The van der Waals surface area contributed by atoms with Gasteiger partial charge < -0.3 is 10.2 Å². The Balaban J connectivity index is 1.74. The predicted octanol–water partition coefficient (Wildman–Crippen LogP) is 2.64. The minimum atomic E-state index is 0.746. The molecule has 1 aliphatic heterocycles. The quantitative estimate of drug-likeness (QED) is 0.793. The molecule has 2 unspecified atom stereocenters. The van der Waals surface area contributed by atoms with Crippen molar-refractivity contribution in [1.29, 1.82) is 0 Å². The standard InChI is InChI=1S/C14H28N2/c1-12-8-9-15-13(10-12)11-16(2)14-6-4-3-5-7-14/h12-15H,3-11H2,1-2H3. The Labute approximate surface area is 101 Å². The van der Waals surface area contributed by atoms with Crippen LogP contribution >= 0.6 is 0 Å². The van der Waals surface area contributed by atoms with Gasteiger partial charge in [0.15, 0.2) is 0 Å². The lowest BCUT2D eigenvalue weighted by molar-refractivity contribution is 0.157. The summed E-state index contributed by atoms with van der Waals surface area (Å²) in [7, 11) is 2.33. The van der Waals surface area contributed by atoms with Crippen LogP contribution in [0.4, 0.5) is 0 Å². The van der Waals surface area contributed by atoms with Crippen LogP contribution in [0.2, 0.25) is 0 Å². The molecule has 0 aromatic rings. The van der Waals surface area contributed by atoms with E-state index in [0.717, 1.165) is 18.0 Å². The van der Waals surface area contributed by atoms with Gasteiger partial charge in [0, 0.05) is 18.6 Å². The second-order valence-electron chi connectivity index (χ2n) is 6.01. The van der Waals surface area contributed by atoms with Crippen molar-refractivity contribution in [3.05, 3.63) is 0 Å². The number of nitrogens with one attached hydrogen (secondary N) is 1. The first kappa shape index (κ1) is 12.4. The molecule has 2 fully saturated rings. The highest BCUT2D eigenvalue weighted by Gasteiger charge is 2.23. The van der Waals surface area contributed by atoms with Crippen molar-refractivity contribution in [2.24, 2.45) is 5.92 Å². The van der Waals surface area contributed by atoms with Crippen LogP contribution in [-0.2, 0) is 0 Å². The molecule has 0 spiro atoms. The summed E-state index contributed by atoms with van der Waals surface area (Å²) >= 11 is 0.